The molecule has 3 N–H and O–H groups in total. The number of hydrogen-bond acceptors (Lipinski definition) is 2. The van der Waals surface area contributed by atoms with Crippen molar-refractivity contribution in [3.63, 3.8) is 0 Å². The summed E-state index contributed by atoms with van der Waals surface area (Å²) in [6.45, 7) is 5.95. The SMILES string of the molecule is CCNC(=NCCCc1cn[nH]c1C)NC1CCCC1.I. The summed E-state index contributed by atoms with van der Waals surface area (Å²) < 4.78 is 0. The quantitative estimate of drug-likeness (QED) is 0.295. The summed E-state index contributed by atoms with van der Waals surface area (Å²) in [5.74, 6) is 0.975. The molecule has 5 nitrogen and oxygen atoms in total. The fourth-order valence-corrected chi connectivity index (χ4v) is 2.67. The van der Waals surface area contributed by atoms with Gasteiger partial charge >= 0.3 is 0 Å². The number of rotatable bonds is 6. The second kappa shape index (κ2) is 10.0. The minimum atomic E-state index is 0. The van der Waals surface area contributed by atoms with Crippen molar-refractivity contribution in [1.29, 1.82) is 0 Å². The van der Waals surface area contributed by atoms with Crippen LogP contribution in [0.4, 0.5) is 0 Å². The van der Waals surface area contributed by atoms with Gasteiger partial charge in [-0.25, -0.2) is 0 Å². The first-order valence-electron chi connectivity index (χ1n) is 7.83. The van der Waals surface area contributed by atoms with E-state index in [4.69, 9.17) is 0 Å². The van der Waals surface area contributed by atoms with E-state index in [1.165, 1.54) is 36.9 Å². The molecule has 21 heavy (non-hydrogen) atoms. The van der Waals surface area contributed by atoms with Crippen LogP contribution in [0.2, 0.25) is 0 Å². The van der Waals surface area contributed by atoms with Gasteiger partial charge in [-0.1, -0.05) is 12.8 Å². The number of halogens is 1. The van der Waals surface area contributed by atoms with E-state index in [9.17, 15) is 0 Å². The molecule has 1 aromatic heterocycles. The molecule has 2 rings (SSSR count). The first-order valence-corrected chi connectivity index (χ1v) is 7.83. The average Bonchev–Trinajstić information content (AvgIpc) is 3.07. The van der Waals surface area contributed by atoms with E-state index in [-0.39, 0.29) is 24.0 Å². The highest BCUT2D eigenvalue weighted by atomic mass is 127. The monoisotopic (exact) mass is 405 g/mol. The van der Waals surface area contributed by atoms with E-state index in [1.807, 2.05) is 6.20 Å². The van der Waals surface area contributed by atoms with Crippen molar-refractivity contribution in [2.45, 2.75) is 58.4 Å². The van der Waals surface area contributed by atoms with E-state index in [0.717, 1.165) is 31.9 Å². The van der Waals surface area contributed by atoms with Gasteiger partial charge in [-0.05, 0) is 45.1 Å². The van der Waals surface area contributed by atoms with Crippen LogP contribution in [0.15, 0.2) is 11.2 Å². The summed E-state index contributed by atoms with van der Waals surface area (Å²) in [7, 11) is 0. The van der Waals surface area contributed by atoms with Crippen LogP contribution in [0, 0.1) is 6.92 Å². The first-order chi connectivity index (χ1) is 9.79. The fraction of sp³-hybridized carbons (Fsp3) is 0.733. The van der Waals surface area contributed by atoms with Crippen LogP contribution >= 0.6 is 24.0 Å². The zero-order valence-corrected chi connectivity index (χ0v) is 15.4. The molecule has 0 saturated heterocycles. The molecule has 0 aliphatic heterocycles. The predicted octanol–water partition coefficient (Wildman–Crippen LogP) is 2.77. The number of aryl methyl sites for hydroxylation is 2. The third kappa shape index (κ3) is 6.23. The molecule has 6 heteroatoms. The molecule has 1 aliphatic carbocycles. The van der Waals surface area contributed by atoms with Crippen LogP contribution in [-0.2, 0) is 6.42 Å². The highest BCUT2D eigenvalue weighted by Gasteiger charge is 2.15. The number of aliphatic imine (C=N–C) groups is 1. The van der Waals surface area contributed by atoms with Gasteiger partial charge in [-0.3, -0.25) is 10.1 Å². The van der Waals surface area contributed by atoms with E-state index in [1.54, 1.807) is 0 Å². The number of nitrogens with zero attached hydrogens (tertiary/aromatic N) is 2. The van der Waals surface area contributed by atoms with Crippen LogP contribution in [0.1, 0.15) is 50.3 Å². The van der Waals surface area contributed by atoms with Gasteiger partial charge in [0.05, 0.1) is 6.20 Å². The smallest absolute Gasteiger partial charge is 0.191 e. The number of aromatic nitrogens is 2. The Morgan fingerprint density at radius 3 is 2.81 bits per heavy atom. The molecule has 0 radical (unpaired) electrons. The van der Waals surface area contributed by atoms with E-state index < -0.39 is 0 Å². The molecule has 1 saturated carbocycles. The van der Waals surface area contributed by atoms with Crippen molar-refractivity contribution in [2.24, 2.45) is 4.99 Å². The van der Waals surface area contributed by atoms with Crippen LogP contribution in [0.5, 0.6) is 0 Å². The lowest BCUT2D eigenvalue weighted by Crippen LogP contribution is -2.42. The van der Waals surface area contributed by atoms with Gasteiger partial charge in [0, 0.05) is 24.8 Å². The van der Waals surface area contributed by atoms with Gasteiger partial charge in [0.15, 0.2) is 5.96 Å². The van der Waals surface area contributed by atoms with Gasteiger partial charge in [0.25, 0.3) is 0 Å². The minimum absolute atomic E-state index is 0. The molecule has 1 heterocycles. The summed E-state index contributed by atoms with van der Waals surface area (Å²) in [6, 6.07) is 0.615. The lowest BCUT2D eigenvalue weighted by molar-refractivity contribution is 0.613. The maximum atomic E-state index is 4.67. The maximum absolute atomic E-state index is 4.67. The molecule has 0 atom stereocenters. The molecule has 1 aliphatic rings. The second-order valence-corrected chi connectivity index (χ2v) is 5.51. The Bertz CT molecular complexity index is 423. The highest BCUT2D eigenvalue weighted by molar-refractivity contribution is 14.0. The highest BCUT2D eigenvalue weighted by Crippen LogP contribution is 2.17. The molecule has 1 aromatic rings. The summed E-state index contributed by atoms with van der Waals surface area (Å²) in [5.41, 5.74) is 2.47. The third-order valence-electron chi connectivity index (χ3n) is 3.85. The number of aromatic amines is 1. The van der Waals surface area contributed by atoms with Crippen LogP contribution in [0.25, 0.3) is 0 Å². The average molecular weight is 405 g/mol. The zero-order valence-electron chi connectivity index (χ0n) is 13.1. The normalized spacial score (nSPS) is 15.8. The lowest BCUT2D eigenvalue weighted by atomic mass is 10.1. The Morgan fingerprint density at radius 2 is 2.19 bits per heavy atom. The van der Waals surface area contributed by atoms with E-state index in [2.05, 4.69) is 39.7 Å². The lowest BCUT2D eigenvalue weighted by Gasteiger charge is -2.16. The number of hydrogen-bond donors (Lipinski definition) is 3. The van der Waals surface area contributed by atoms with Gasteiger partial charge in [0.1, 0.15) is 0 Å². The zero-order chi connectivity index (χ0) is 14.2. The molecule has 0 amide bonds. The van der Waals surface area contributed by atoms with Gasteiger partial charge in [0.2, 0.25) is 0 Å². The third-order valence-corrected chi connectivity index (χ3v) is 3.85. The molecule has 1 fully saturated rings. The summed E-state index contributed by atoms with van der Waals surface area (Å²) in [5, 5.41) is 13.9. The van der Waals surface area contributed by atoms with Crippen molar-refractivity contribution in [2.75, 3.05) is 13.1 Å². The Labute approximate surface area is 144 Å². The van der Waals surface area contributed by atoms with Crippen LogP contribution < -0.4 is 10.6 Å². The second-order valence-electron chi connectivity index (χ2n) is 5.51. The summed E-state index contributed by atoms with van der Waals surface area (Å²) >= 11 is 0. The standard InChI is InChI=1S/C15H27N5.HI/c1-3-16-15(19-14-8-4-5-9-14)17-10-6-7-13-11-18-20-12(13)2;/h11,14H,3-10H2,1-2H3,(H,18,20)(H2,16,17,19);1H. The minimum Gasteiger partial charge on any atom is -0.357 e. The fourth-order valence-electron chi connectivity index (χ4n) is 2.67. The predicted molar refractivity (Wildman–Crippen MR) is 98.4 cm³/mol. The summed E-state index contributed by atoms with van der Waals surface area (Å²) in [4.78, 5) is 4.67. The van der Waals surface area contributed by atoms with Crippen LogP contribution in [0.3, 0.4) is 0 Å². The molecule has 0 spiro atoms. The van der Waals surface area contributed by atoms with Gasteiger partial charge < -0.3 is 10.6 Å². The van der Waals surface area contributed by atoms with Gasteiger partial charge in [-0.15, -0.1) is 24.0 Å². The molecular formula is C15H28IN5. The molecule has 0 aromatic carbocycles. The number of guanidine groups is 1. The maximum Gasteiger partial charge on any atom is 0.191 e. The van der Waals surface area contributed by atoms with Crippen LogP contribution in [-0.4, -0.2) is 35.3 Å². The van der Waals surface area contributed by atoms with Crippen molar-refractivity contribution < 1.29 is 0 Å². The number of nitrogens with one attached hydrogen (secondary N) is 3. The molecule has 120 valence electrons. The largest absolute Gasteiger partial charge is 0.357 e. The van der Waals surface area contributed by atoms with Crippen molar-refractivity contribution in [1.82, 2.24) is 20.8 Å². The van der Waals surface area contributed by atoms with Crippen molar-refractivity contribution >= 4 is 29.9 Å². The number of H-pyrrole nitrogens is 1. The topological polar surface area (TPSA) is 65.1 Å². The van der Waals surface area contributed by atoms with E-state index in [0.29, 0.717) is 6.04 Å². The molecular weight excluding hydrogens is 377 g/mol. The molecule has 0 bridgehead atoms. The Kier molecular flexibility index (Phi) is 8.72. The Hall–Kier alpha value is -0.790. The van der Waals surface area contributed by atoms with Crippen molar-refractivity contribution in [3.8, 4) is 0 Å². The molecule has 0 unspecified atom stereocenters. The van der Waals surface area contributed by atoms with Crippen molar-refractivity contribution in [3.05, 3.63) is 17.5 Å². The Morgan fingerprint density at radius 1 is 1.43 bits per heavy atom. The van der Waals surface area contributed by atoms with E-state index >= 15 is 0 Å². The Balaban J connectivity index is 0.00000220. The first kappa shape index (κ1) is 18.3. The summed E-state index contributed by atoms with van der Waals surface area (Å²) in [6.07, 6.45) is 9.25. The van der Waals surface area contributed by atoms with Gasteiger partial charge in [-0.2, -0.15) is 5.10 Å².